The van der Waals surface area contributed by atoms with Gasteiger partial charge in [-0.3, -0.25) is 0 Å². The van der Waals surface area contributed by atoms with Gasteiger partial charge in [0.25, 0.3) is 0 Å². The summed E-state index contributed by atoms with van der Waals surface area (Å²) in [5, 5.41) is 7.83. The van der Waals surface area contributed by atoms with Crippen molar-refractivity contribution in [3.05, 3.63) is 27.7 Å². The van der Waals surface area contributed by atoms with Crippen molar-refractivity contribution in [2.24, 2.45) is 0 Å². The SMILES string of the molecule is O=C(O)c1cc(S(=O)C(F)(F)F)c(Cl)cc1Cl. The second kappa shape index (κ2) is 4.83. The Morgan fingerprint density at radius 1 is 1.24 bits per heavy atom. The second-order valence-electron chi connectivity index (χ2n) is 2.78. The molecule has 0 aliphatic heterocycles. The molecule has 0 saturated heterocycles. The van der Waals surface area contributed by atoms with Crippen molar-refractivity contribution < 1.29 is 27.3 Å². The molecule has 94 valence electrons. The molecule has 0 saturated carbocycles. The number of carbonyl (C=O) groups is 1. The molecule has 1 unspecified atom stereocenters. The van der Waals surface area contributed by atoms with Crippen molar-refractivity contribution in [2.45, 2.75) is 10.4 Å². The van der Waals surface area contributed by atoms with Crippen LogP contribution in [-0.2, 0) is 10.8 Å². The Labute approximate surface area is 106 Å². The molecule has 0 aliphatic rings. The van der Waals surface area contributed by atoms with Crippen LogP contribution in [0, 0.1) is 0 Å². The molecule has 0 amide bonds. The first-order valence-corrected chi connectivity index (χ1v) is 5.76. The topological polar surface area (TPSA) is 54.4 Å². The molecule has 0 spiro atoms. The zero-order valence-corrected chi connectivity index (χ0v) is 10.0. The zero-order chi connectivity index (χ0) is 13.4. The third-order valence-electron chi connectivity index (χ3n) is 1.66. The van der Waals surface area contributed by atoms with Gasteiger partial charge in [-0.2, -0.15) is 13.2 Å². The smallest absolute Gasteiger partial charge is 0.475 e. The number of carboxylic acids is 1. The first-order valence-electron chi connectivity index (χ1n) is 3.85. The molecule has 0 radical (unpaired) electrons. The molecule has 3 nitrogen and oxygen atoms in total. The van der Waals surface area contributed by atoms with Gasteiger partial charge in [0.05, 0.1) is 20.5 Å². The van der Waals surface area contributed by atoms with Crippen LogP contribution in [0.1, 0.15) is 10.4 Å². The number of alkyl halides is 3. The maximum atomic E-state index is 12.2. The molecule has 1 aromatic carbocycles. The molecule has 0 fully saturated rings. The Morgan fingerprint density at radius 2 is 1.76 bits per heavy atom. The summed E-state index contributed by atoms with van der Waals surface area (Å²) in [6, 6.07) is 1.36. The molecule has 0 aromatic heterocycles. The van der Waals surface area contributed by atoms with E-state index in [4.69, 9.17) is 28.3 Å². The summed E-state index contributed by atoms with van der Waals surface area (Å²) in [5.41, 5.74) is -5.61. The minimum Gasteiger partial charge on any atom is -0.478 e. The Balaban J connectivity index is 3.40. The highest BCUT2D eigenvalue weighted by atomic mass is 35.5. The van der Waals surface area contributed by atoms with Gasteiger partial charge in [0, 0.05) is 0 Å². The van der Waals surface area contributed by atoms with E-state index >= 15 is 0 Å². The highest BCUT2D eigenvalue weighted by molar-refractivity contribution is 7.86. The summed E-state index contributed by atoms with van der Waals surface area (Å²) < 4.78 is 47.7. The van der Waals surface area contributed by atoms with E-state index in [1.807, 2.05) is 0 Å². The van der Waals surface area contributed by atoms with E-state index in [0.29, 0.717) is 6.07 Å². The molecule has 1 aromatic rings. The molecular weight excluding hydrogens is 304 g/mol. The molecule has 17 heavy (non-hydrogen) atoms. The number of aromatic carboxylic acids is 1. The van der Waals surface area contributed by atoms with Gasteiger partial charge < -0.3 is 5.11 Å². The standard InChI is InChI=1S/C8H3Cl2F3O3S/c9-4-2-5(10)6(1-3(4)7(14)15)17(16)8(11,12)13/h1-2H,(H,14,15). The van der Waals surface area contributed by atoms with E-state index in [1.165, 1.54) is 0 Å². The van der Waals surface area contributed by atoms with Crippen LogP contribution in [0.5, 0.6) is 0 Å². The minimum atomic E-state index is -5.02. The van der Waals surface area contributed by atoms with Crippen LogP contribution >= 0.6 is 23.2 Å². The van der Waals surface area contributed by atoms with Crippen LogP contribution in [0.25, 0.3) is 0 Å². The molecule has 0 bridgehead atoms. The third kappa shape index (κ3) is 3.11. The average molecular weight is 307 g/mol. The van der Waals surface area contributed by atoms with Crippen molar-refractivity contribution in [1.29, 1.82) is 0 Å². The lowest BCUT2D eigenvalue weighted by Crippen LogP contribution is -2.17. The van der Waals surface area contributed by atoms with Crippen molar-refractivity contribution >= 4 is 40.0 Å². The van der Waals surface area contributed by atoms with Gasteiger partial charge in [-0.05, 0) is 12.1 Å². The number of halogens is 5. The molecular formula is C8H3Cl2F3O3S. The highest BCUT2D eigenvalue weighted by Crippen LogP contribution is 2.33. The van der Waals surface area contributed by atoms with Gasteiger partial charge in [0.15, 0.2) is 10.8 Å². The lowest BCUT2D eigenvalue weighted by molar-refractivity contribution is -0.0384. The molecule has 0 aliphatic carbocycles. The highest BCUT2D eigenvalue weighted by Gasteiger charge is 2.39. The van der Waals surface area contributed by atoms with E-state index in [9.17, 15) is 22.2 Å². The van der Waals surface area contributed by atoms with Crippen LogP contribution in [0.4, 0.5) is 13.2 Å². The van der Waals surface area contributed by atoms with Crippen LogP contribution in [0.2, 0.25) is 10.0 Å². The third-order valence-corrected chi connectivity index (χ3v) is 3.56. The maximum Gasteiger partial charge on any atom is 0.475 e. The maximum absolute atomic E-state index is 12.2. The fourth-order valence-electron chi connectivity index (χ4n) is 0.960. The Bertz CT molecular complexity index is 502. The fourth-order valence-corrected chi connectivity index (χ4v) is 2.34. The van der Waals surface area contributed by atoms with Crippen LogP contribution in [0.15, 0.2) is 17.0 Å². The molecule has 9 heteroatoms. The number of carboxylic acid groups (broad SMARTS) is 1. The number of hydrogen-bond donors (Lipinski definition) is 1. The summed E-state index contributed by atoms with van der Waals surface area (Å²) in [5.74, 6) is -1.54. The summed E-state index contributed by atoms with van der Waals surface area (Å²) in [6.45, 7) is 0. The minimum absolute atomic E-state index is 0.328. The van der Waals surface area contributed by atoms with Crippen molar-refractivity contribution in [2.75, 3.05) is 0 Å². The Kier molecular flexibility index (Phi) is 4.06. The van der Waals surface area contributed by atoms with Gasteiger partial charge in [-0.15, -0.1) is 0 Å². The van der Waals surface area contributed by atoms with Crippen LogP contribution in [-0.4, -0.2) is 20.8 Å². The number of rotatable bonds is 2. The first-order chi connectivity index (χ1) is 7.64. The fraction of sp³-hybridized carbons (Fsp3) is 0.125. The number of hydrogen-bond acceptors (Lipinski definition) is 2. The van der Waals surface area contributed by atoms with Gasteiger partial charge >= 0.3 is 11.5 Å². The van der Waals surface area contributed by atoms with Gasteiger partial charge in [-0.25, -0.2) is 9.00 Å². The lowest BCUT2D eigenvalue weighted by atomic mass is 10.2. The second-order valence-corrected chi connectivity index (χ2v) is 5.04. The van der Waals surface area contributed by atoms with Crippen molar-refractivity contribution in [3.8, 4) is 0 Å². The predicted octanol–water partition coefficient (Wildman–Crippen LogP) is 3.32. The Hall–Kier alpha value is -0.790. The molecule has 1 rings (SSSR count). The monoisotopic (exact) mass is 306 g/mol. The van der Waals surface area contributed by atoms with Gasteiger partial charge in [-0.1, -0.05) is 23.2 Å². The van der Waals surface area contributed by atoms with Gasteiger partial charge in [0.1, 0.15) is 0 Å². The van der Waals surface area contributed by atoms with Crippen molar-refractivity contribution in [3.63, 3.8) is 0 Å². The van der Waals surface area contributed by atoms with E-state index in [-0.39, 0.29) is 5.02 Å². The van der Waals surface area contributed by atoms with E-state index in [2.05, 4.69) is 0 Å². The summed E-state index contributed by atoms with van der Waals surface area (Å²) in [7, 11) is -3.40. The summed E-state index contributed by atoms with van der Waals surface area (Å²) in [6.07, 6.45) is 0. The van der Waals surface area contributed by atoms with E-state index in [0.717, 1.165) is 6.07 Å². The van der Waals surface area contributed by atoms with Crippen molar-refractivity contribution in [1.82, 2.24) is 0 Å². The zero-order valence-electron chi connectivity index (χ0n) is 7.72. The summed E-state index contributed by atoms with van der Waals surface area (Å²) in [4.78, 5) is 9.82. The predicted molar refractivity (Wildman–Crippen MR) is 55.9 cm³/mol. The molecule has 0 heterocycles. The van der Waals surface area contributed by atoms with Crippen LogP contribution in [0.3, 0.4) is 0 Å². The Morgan fingerprint density at radius 3 is 2.18 bits per heavy atom. The molecule has 1 atom stereocenters. The van der Waals surface area contributed by atoms with Crippen LogP contribution < -0.4 is 0 Å². The van der Waals surface area contributed by atoms with E-state index in [1.54, 1.807) is 0 Å². The largest absolute Gasteiger partial charge is 0.478 e. The first kappa shape index (κ1) is 14.3. The normalized spacial score (nSPS) is 13.5. The van der Waals surface area contributed by atoms with Gasteiger partial charge in [0.2, 0.25) is 0 Å². The lowest BCUT2D eigenvalue weighted by Gasteiger charge is -2.09. The number of benzene rings is 1. The quantitative estimate of drug-likeness (QED) is 0.912. The average Bonchev–Trinajstić information content (AvgIpc) is 2.14. The summed E-state index contributed by atoms with van der Waals surface area (Å²) >= 11 is 10.9. The van der Waals surface area contributed by atoms with E-state index < -0.39 is 37.8 Å². The molecule has 1 N–H and O–H groups in total.